The molecule has 3 aromatic rings. The predicted octanol–water partition coefficient (Wildman–Crippen LogP) is 4.15. The Labute approximate surface area is 250 Å². The van der Waals surface area contributed by atoms with E-state index in [1.54, 1.807) is 24.3 Å². The number of anilines is 1. The number of aromatic nitrogens is 3. The van der Waals surface area contributed by atoms with Gasteiger partial charge in [-0.25, -0.2) is 23.1 Å². The van der Waals surface area contributed by atoms with Crippen LogP contribution in [0.1, 0.15) is 39.0 Å². The topological polar surface area (TPSA) is 168 Å². The van der Waals surface area contributed by atoms with Crippen LogP contribution in [0.15, 0.2) is 53.6 Å². The molecule has 4 rings (SSSR count). The van der Waals surface area contributed by atoms with Crippen LogP contribution in [0, 0.1) is 5.92 Å². The van der Waals surface area contributed by atoms with E-state index >= 15 is 8.78 Å². The van der Waals surface area contributed by atoms with Crippen LogP contribution >= 0.6 is 19.5 Å². The van der Waals surface area contributed by atoms with Gasteiger partial charge >= 0.3 is 25.3 Å². The second kappa shape index (κ2) is 13.7. The van der Waals surface area contributed by atoms with Crippen molar-refractivity contribution < 1.29 is 37.0 Å². The highest BCUT2D eigenvalue weighted by atomic mass is 32.2. The molecule has 0 saturated carbocycles. The SMILES string of the molecule is CCC(CC)COC(=O)[C@H](C)NP(=O)(OC[C@H]1S[C@@H](n2cnc(N)nc2=O)C(F)(F)[C@H]1O)Oc1cccc2ccccc12. The van der Waals surface area contributed by atoms with Crippen molar-refractivity contribution in [2.45, 2.75) is 62.3 Å². The Hall–Kier alpha value is -3.10. The number of carbonyl (C=O) groups excluding carboxylic acids is 1. The second-order valence-electron chi connectivity index (χ2n) is 10.1. The summed E-state index contributed by atoms with van der Waals surface area (Å²) in [5.74, 6) is -4.61. The summed E-state index contributed by atoms with van der Waals surface area (Å²) in [4.78, 5) is 32.0. The van der Waals surface area contributed by atoms with Crippen LogP contribution in [0.25, 0.3) is 10.8 Å². The number of nitrogen functional groups attached to an aromatic ring is 1. The molecule has 1 aromatic heterocycles. The Morgan fingerprint density at radius 1 is 1.23 bits per heavy atom. The molecule has 1 fully saturated rings. The molecule has 43 heavy (non-hydrogen) atoms. The van der Waals surface area contributed by atoms with Crippen molar-refractivity contribution in [3.8, 4) is 5.75 Å². The number of nitrogens with one attached hydrogen (secondary N) is 1. The Morgan fingerprint density at radius 3 is 2.63 bits per heavy atom. The zero-order valence-electron chi connectivity index (χ0n) is 23.8. The smallest absolute Gasteiger partial charge is 0.459 e. The van der Waals surface area contributed by atoms with Crippen molar-refractivity contribution in [2.75, 3.05) is 18.9 Å². The van der Waals surface area contributed by atoms with Crippen molar-refractivity contribution in [1.82, 2.24) is 19.6 Å². The van der Waals surface area contributed by atoms with Crippen LogP contribution in [-0.4, -0.2) is 62.1 Å². The van der Waals surface area contributed by atoms with Gasteiger partial charge in [0.05, 0.1) is 18.5 Å². The van der Waals surface area contributed by atoms with E-state index in [0.717, 1.165) is 24.6 Å². The number of alkyl halides is 2. The zero-order valence-corrected chi connectivity index (χ0v) is 25.5. The van der Waals surface area contributed by atoms with Gasteiger partial charge < -0.3 is 20.1 Å². The standard InChI is InChI=1S/C27H34F2N5O7PS/c1-4-17(5-2)13-39-23(36)16(3)33-42(38,41-20-12-8-10-18-9-6-7-11-19(18)20)40-14-21-22(35)27(28,29)24(43-21)34-15-31-25(30)32-26(34)37/h6-12,15-17,21-22,24,35H,4-5,13-14H2,1-3H3,(H,33,38)(H2,30,32,37)/t16-,21+,22-,24+,42?/m0/s1. The fourth-order valence-electron chi connectivity index (χ4n) is 4.43. The number of thioether (sulfide) groups is 1. The first-order valence-corrected chi connectivity index (χ1v) is 16.1. The molecule has 1 aliphatic rings. The highest BCUT2D eigenvalue weighted by Crippen LogP contribution is 2.54. The maximum Gasteiger partial charge on any atom is 0.459 e. The van der Waals surface area contributed by atoms with E-state index in [1.165, 1.54) is 6.92 Å². The molecule has 0 spiro atoms. The van der Waals surface area contributed by atoms with Gasteiger partial charge in [-0.2, -0.15) is 10.1 Å². The molecule has 1 saturated heterocycles. The first-order valence-electron chi connectivity index (χ1n) is 13.7. The van der Waals surface area contributed by atoms with Gasteiger partial charge in [0, 0.05) is 5.39 Å². The minimum absolute atomic E-state index is 0.153. The third-order valence-corrected chi connectivity index (χ3v) is 10.2. The summed E-state index contributed by atoms with van der Waals surface area (Å²) in [5.41, 5.74) is 4.29. The minimum atomic E-state index is -4.48. The molecule has 234 valence electrons. The van der Waals surface area contributed by atoms with Gasteiger partial charge in [0.15, 0.2) is 5.37 Å². The molecule has 0 radical (unpaired) electrons. The van der Waals surface area contributed by atoms with Gasteiger partial charge in [-0.15, -0.1) is 11.8 Å². The summed E-state index contributed by atoms with van der Waals surface area (Å²) in [7, 11) is -4.48. The average molecular weight is 642 g/mol. The van der Waals surface area contributed by atoms with Gasteiger partial charge in [0.1, 0.15) is 24.2 Å². The Morgan fingerprint density at radius 2 is 1.93 bits per heavy atom. The lowest BCUT2D eigenvalue weighted by molar-refractivity contribution is -0.146. The van der Waals surface area contributed by atoms with E-state index in [0.29, 0.717) is 21.7 Å². The predicted molar refractivity (Wildman–Crippen MR) is 158 cm³/mol. The van der Waals surface area contributed by atoms with E-state index < -0.39 is 60.7 Å². The van der Waals surface area contributed by atoms with Crippen molar-refractivity contribution in [3.63, 3.8) is 0 Å². The van der Waals surface area contributed by atoms with Crippen LogP contribution in [0.4, 0.5) is 14.7 Å². The molecule has 2 heterocycles. The summed E-state index contributed by atoms with van der Waals surface area (Å²) < 4.78 is 61.8. The van der Waals surface area contributed by atoms with E-state index in [-0.39, 0.29) is 18.3 Å². The third kappa shape index (κ3) is 7.52. The molecular formula is C27H34F2N5O7PS. The number of benzene rings is 2. The van der Waals surface area contributed by atoms with Crippen molar-refractivity contribution in [3.05, 3.63) is 59.3 Å². The molecule has 0 aliphatic carbocycles. The van der Waals surface area contributed by atoms with Crippen LogP contribution in [-0.2, 0) is 18.6 Å². The van der Waals surface area contributed by atoms with Crippen LogP contribution in [0.5, 0.6) is 5.75 Å². The Kier molecular flexibility index (Phi) is 10.4. The van der Waals surface area contributed by atoms with Gasteiger partial charge in [-0.05, 0) is 24.3 Å². The quantitative estimate of drug-likeness (QED) is 0.180. The summed E-state index contributed by atoms with van der Waals surface area (Å²) in [6.45, 7) is 4.83. The normalized spacial score (nSPS) is 21.9. The molecule has 1 unspecified atom stereocenters. The number of nitrogens with two attached hydrogens (primary N) is 1. The van der Waals surface area contributed by atoms with E-state index in [2.05, 4.69) is 15.1 Å². The molecule has 1 aliphatic heterocycles. The van der Waals surface area contributed by atoms with Gasteiger partial charge in [0.25, 0.3) is 0 Å². The number of fused-ring (bicyclic) bond motifs is 1. The molecule has 0 amide bonds. The van der Waals surface area contributed by atoms with E-state index in [4.69, 9.17) is 19.5 Å². The first kappa shape index (κ1) is 32.8. The molecule has 2 aromatic carbocycles. The highest BCUT2D eigenvalue weighted by Gasteiger charge is 2.59. The molecule has 5 atom stereocenters. The first-order chi connectivity index (χ1) is 20.4. The van der Waals surface area contributed by atoms with Gasteiger partial charge in [0.2, 0.25) is 5.95 Å². The van der Waals surface area contributed by atoms with Crippen molar-refractivity contribution >= 4 is 42.2 Å². The maximum absolute atomic E-state index is 15.1. The zero-order chi connectivity index (χ0) is 31.4. The van der Waals surface area contributed by atoms with Crippen molar-refractivity contribution in [2.24, 2.45) is 5.92 Å². The molecular weight excluding hydrogens is 607 g/mol. The fraction of sp³-hybridized carbons (Fsp3) is 0.481. The third-order valence-electron chi connectivity index (χ3n) is 7.08. The highest BCUT2D eigenvalue weighted by molar-refractivity contribution is 8.00. The minimum Gasteiger partial charge on any atom is -0.464 e. The number of nitrogens with zero attached hydrogens (tertiary/aromatic N) is 3. The average Bonchev–Trinajstić information content (AvgIpc) is 3.20. The summed E-state index contributed by atoms with van der Waals surface area (Å²) in [6, 6.07) is 11.0. The number of hydrogen-bond acceptors (Lipinski definition) is 11. The summed E-state index contributed by atoms with van der Waals surface area (Å²) in [6.07, 6.45) is 0.121. The summed E-state index contributed by atoms with van der Waals surface area (Å²) >= 11 is 0.511. The van der Waals surface area contributed by atoms with E-state index in [1.807, 2.05) is 32.0 Å². The number of ether oxygens (including phenoxy) is 1. The van der Waals surface area contributed by atoms with Crippen LogP contribution in [0.3, 0.4) is 0 Å². The lowest BCUT2D eigenvalue weighted by Gasteiger charge is -2.25. The number of hydrogen-bond donors (Lipinski definition) is 3. The monoisotopic (exact) mass is 641 g/mol. The molecule has 4 N–H and O–H groups in total. The number of esters is 1. The van der Waals surface area contributed by atoms with E-state index in [9.17, 15) is 19.3 Å². The van der Waals surface area contributed by atoms with Crippen LogP contribution in [0.2, 0.25) is 0 Å². The number of aliphatic hydroxyl groups is 1. The fourth-order valence-corrected chi connectivity index (χ4v) is 7.47. The molecule has 0 bridgehead atoms. The second-order valence-corrected chi connectivity index (χ2v) is 13.1. The molecule has 16 heteroatoms. The summed E-state index contributed by atoms with van der Waals surface area (Å²) in [5, 5.41) is 11.2. The lowest BCUT2D eigenvalue weighted by Crippen LogP contribution is -2.42. The number of rotatable bonds is 13. The van der Waals surface area contributed by atoms with Crippen molar-refractivity contribution in [1.29, 1.82) is 0 Å². The lowest BCUT2D eigenvalue weighted by atomic mass is 10.1. The largest absolute Gasteiger partial charge is 0.464 e. The Balaban J connectivity index is 1.56. The number of aliphatic hydroxyl groups excluding tert-OH is 1. The Bertz CT molecular complexity index is 1540. The maximum atomic E-state index is 15.1. The van der Waals surface area contributed by atoms with Gasteiger partial charge in [-0.1, -0.05) is 63.1 Å². The van der Waals surface area contributed by atoms with Crippen LogP contribution < -0.4 is 21.0 Å². The number of halogens is 2. The number of carbonyl (C=O) groups is 1. The van der Waals surface area contributed by atoms with Gasteiger partial charge in [-0.3, -0.25) is 13.9 Å². The molecule has 12 nitrogen and oxygen atoms in total.